The summed E-state index contributed by atoms with van der Waals surface area (Å²) in [5.74, 6) is 1.15. The second-order valence-corrected chi connectivity index (χ2v) is 7.62. The van der Waals surface area contributed by atoms with E-state index in [-0.39, 0.29) is 5.82 Å². The summed E-state index contributed by atoms with van der Waals surface area (Å²) in [7, 11) is 0. The molecule has 26 heavy (non-hydrogen) atoms. The Hall–Kier alpha value is -2.27. The molecular formula is C21H23FN4. The molecule has 0 radical (unpaired) electrons. The van der Waals surface area contributed by atoms with Crippen molar-refractivity contribution in [1.29, 1.82) is 0 Å². The number of rotatable bonds is 3. The lowest BCUT2D eigenvalue weighted by Crippen LogP contribution is -2.45. The molecule has 0 bridgehead atoms. The van der Waals surface area contributed by atoms with Gasteiger partial charge in [-0.25, -0.2) is 13.9 Å². The van der Waals surface area contributed by atoms with Crippen molar-refractivity contribution in [1.82, 2.24) is 19.5 Å². The number of piperidine rings is 1. The van der Waals surface area contributed by atoms with E-state index in [1.165, 1.54) is 38.3 Å². The molecule has 2 aliphatic rings. The van der Waals surface area contributed by atoms with Crippen LogP contribution in [0, 0.1) is 5.82 Å². The van der Waals surface area contributed by atoms with Gasteiger partial charge in [0.05, 0.1) is 0 Å². The summed E-state index contributed by atoms with van der Waals surface area (Å²) in [5.41, 5.74) is 2.67. The van der Waals surface area contributed by atoms with Gasteiger partial charge in [-0.2, -0.15) is 5.10 Å². The third-order valence-corrected chi connectivity index (χ3v) is 5.91. The van der Waals surface area contributed by atoms with Crippen LogP contribution in [0.5, 0.6) is 0 Å². The predicted octanol–water partition coefficient (Wildman–Crippen LogP) is 4.27. The highest BCUT2D eigenvalue weighted by atomic mass is 19.1. The zero-order chi connectivity index (χ0) is 17.5. The number of hydrogen-bond acceptors (Lipinski definition) is 3. The lowest BCUT2D eigenvalue weighted by Gasteiger charge is -2.41. The molecule has 1 saturated heterocycles. The van der Waals surface area contributed by atoms with Crippen LogP contribution >= 0.6 is 0 Å². The van der Waals surface area contributed by atoms with Crippen LogP contribution in [-0.2, 0) is 0 Å². The molecule has 1 unspecified atom stereocenters. The minimum absolute atomic E-state index is 0.222. The van der Waals surface area contributed by atoms with Crippen molar-refractivity contribution in [3.63, 3.8) is 0 Å². The molecule has 1 aliphatic carbocycles. The maximum Gasteiger partial charge on any atom is 0.156 e. The predicted molar refractivity (Wildman–Crippen MR) is 99.6 cm³/mol. The Morgan fingerprint density at radius 1 is 1.00 bits per heavy atom. The van der Waals surface area contributed by atoms with Crippen molar-refractivity contribution in [2.75, 3.05) is 13.1 Å². The fourth-order valence-electron chi connectivity index (χ4n) is 4.21. The minimum atomic E-state index is -0.222. The standard InChI is InChI=1S/C21H23FN4/c22-18-6-1-4-15(12-18)16-9-10-20-23-21(24-26(20)14-16)17-5-3-11-25(13-17)19-7-2-8-19/h1,4,6,9-10,12,14,17,19H,2-3,5,7-8,11,13H2. The van der Waals surface area contributed by atoms with Crippen LogP contribution in [0.25, 0.3) is 16.8 Å². The summed E-state index contributed by atoms with van der Waals surface area (Å²) in [6.07, 6.45) is 8.42. The number of halogens is 1. The average Bonchev–Trinajstić information content (AvgIpc) is 3.04. The fraction of sp³-hybridized carbons (Fsp3) is 0.429. The topological polar surface area (TPSA) is 33.4 Å². The fourth-order valence-corrected chi connectivity index (χ4v) is 4.21. The van der Waals surface area contributed by atoms with E-state index in [9.17, 15) is 4.39 Å². The van der Waals surface area contributed by atoms with Crippen LogP contribution in [-0.4, -0.2) is 38.6 Å². The molecule has 1 atom stereocenters. The first kappa shape index (κ1) is 15.9. The molecule has 2 fully saturated rings. The van der Waals surface area contributed by atoms with Crippen LogP contribution in [0.2, 0.25) is 0 Å². The van der Waals surface area contributed by atoms with Crippen molar-refractivity contribution in [3.8, 4) is 11.1 Å². The van der Waals surface area contributed by atoms with E-state index in [0.717, 1.165) is 41.6 Å². The van der Waals surface area contributed by atoms with Crippen LogP contribution in [0.3, 0.4) is 0 Å². The summed E-state index contributed by atoms with van der Waals surface area (Å²) in [4.78, 5) is 7.42. The van der Waals surface area contributed by atoms with Gasteiger partial charge in [0.15, 0.2) is 11.5 Å². The van der Waals surface area contributed by atoms with Crippen molar-refractivity contribution >= 4 is 5.65 Å². The number of pyridine rings is 1. The summed E-state index contributed by atoms with van der Waals surface area (Å²) in [5, 5.41) is 4.77. The van der Waals surface area contributed by atoms with E-state index < -0.39 is 0 Å². The van der Waals surface area contributed by atoms with Gasteiger partial charge in [0, 0.05) is 30.3 Å². The number of benzene rings is 1. The highest BCUT2D eigenvalue weighted by Crippen LogP contribution is 2.32. The molecule has 5 rings (SSSR count). The quantitative estimate of drug-likeness (QED) is 0.707. The van der Waals surface area contributed by atoms with Gasteiger partial charge >= 0.3 is 0 Å². The Bertz CT molecular complexity index is 931. The van der Waals surface area contributed by atoms with E-state index in [4.69, 9.17) is 10.1 Å². The van der Waals surface area contributed by atoms with Gasteiger partial charge < -0.3 is 0 Å². The first-order chi connectivity index (χ1) is 12.8. The Morgan fingerprint density at radius 3 is 2.73 bits per heavy atom. The summed E-state index contributed by atoms with van der Waals surface area (Å²) >= 11 is 0. The van der Waals surface area contributed by atoms with Gasteiger partial charge in [-0.05, 0) is 62.1 Å². The second kappa shape index (κ2) is 6.47. The molecule has 0 amide bonds. The smallest absolute Gasteiger partial charge is 0.156 e. The maximum atomic E-state index is 13.5. The monoisotopic (exact) mass is 350 g/mol. The molecule has 5 heteroatoms. The lowest BCUT2D eigenvalue weighted by molar-refractivity contribution is 0.0929. The first-order valence-corrected chi connectivity index (χ1v) is 9.62. The number of hydrogen-bond donors (Lipinski definition) is 0. The van der Waals surface area contributed by atoms with Gasteiger partial charge in [-0.1, -0.05) is 18.6 Å². The summed E-state index contributed by atoms with van der Waals surface area (Å²) < 4.78 is 15.4. The highest BCUT2D eigenvalue weighted by molar-refractivity contribution is 5.64. The van der Waals surface area contributed by atoms with Gasteiger partial charge in [0.1, 0.15) is 5.82 Å². The molecule has 3 heterocycles. The van der Waals surface area contributed by atoms with Crippen LogP contribution in [0.15, 0.2) is 42.6 Å². The van der Waals surface area contributed by atoms with Gasteiger partial charge in [0.25, 0.3) is 0 Å². The number of nitrogens with zero attached hydrogens (tertiary/aromatic N) is 4. The molecule has 134 valence electrons. The molecule has 1 saturated carbocycles. The number of aromatic nitrogens is 3. The van der Waals surface area contributed by atoms with Gasteiger partial charge in [-0.3, -0.25) is 4.90 Å². The van der Waals surface area contributed by atoms with E-state index in [0.29, 0.717) is 5.92 Å². The Morgan fingerprint density at radius 2 is 1.92 bits per heavy atom. The van der Waals surface area contributed by atoms with Crippen LogP contribution in [0.1, 0.15) is 43.8 Å². The minimum Gasteiger partial charge on any atom is -0.300 e. The Kier molecular flexibility index (Phi) is 3.97. The van der Waals surface area contributed by atoms with E-state index in [1.807, 2.05) is 28.9 Å². The Labute approximate surface area is 152 Å². The molecule has 1 aromatic carbocycles. The van der Waals surface area contributed by atoms with Crippen molar-refractivity contribution in [3.05, 3.63) is 54.2 Å². The zero-order valence-corrected chi connectivity index (χ0v) is 14.8. The van der Waals surface area contributed by atoms with Crippen molar-refractivity contribution in [2.45, 2.75) is 44.1 Å². The van der Waals surface area contributed by atoms with Gasteiger partial charge in [0.2, 0.25) is 0 Å². The number of likely N-dealkylation sites (tertiary alicyclic amines) is 1. The molecular weight excluding hydrogens is 327 g/mol. The van der Waals surface area contributed by atoms with Crippen molar-refractivity contribution in [2.24, 2.45) is 0 Å². The van der Waals surface area contributed by atoms with Crippen molar-refractivity contribution < 1.29 is 4.39 Å². The third-order valence-electron chi connectivity index (χ3n) is 5.91. The third kappa shape index (κ3) is 2.90. The first-order valence-electron chi connectivity index (χ1n) is 9.62. The largest absolute Gasteiger partial charge is 0.300 e. The lowest BCUT2D eigenvalue weighted by atomic mass is 9.87. The SMILES string of the molecule is Fc1cccc(-c2ccc3nc(C4CCCN(C5CCC5)C4)nn3c2)c1. The maximum absolute atomic E-state index is 13.5. The second-order valence-electron chi connectivity index (χ2n) is 7.62. The molecule has 0 N–H and O–H groups in total. The van der Waals surface area contributed by atoms with Gasteiger partial charge in [-0.15, -0.1) is 0 Å². The van der Waals surface area contributed by atoms with Crippen LogP contribution in [0.4, 0.5) is 4.39 Å². The molecule has 0 spiro atoms. The summed E-state index contributed by atoms with van der Waals surface area (Å²) in [6, 6.07) is 11.4. The highest BCUT2D eigenvalue weighted by Gasteiger charge is 2.31. The molecule has 2 aromatic heterocycles. The molecule has 4 nitrogen and oxygen atoms in total. The van der Waals surface area contributed by atoms with E-state index in [1.54, 1.807) is 12.1 Å². The van der Waals surface area contributed by atoms with Crippen LogP contribution < -0.4 is 0 Å². The molecule has 1 aliphatic heterocycles. The summed E-state index contributed by atoms with van der Waals surface area (Å²) in [6.45, 7) is 2.30. The average molecular weight is 350 g/mol. The number of fused-ring (bicyclic) bond motifs is 1. The Balaban J connectivity index is 1.42. The molecule has 3 aromatic rings. The van der Waals surface area contributed by atoms with E-state index >= 15 is 0 Å². The normalized spacial score (nSPS) is 21.8. The van der Waals surface area contributed by atoms with E-state index in [2.05, 4.69) is 4.90 Å². The zero-order valence-electron chi connectivity index (χ0n) is 14.8.